The summed E-state index contributed by atoms with van der Waals surface area (Å²) in [5.74, 6) is -2.84. The summed E-state index contributed by atoms with van der Waals surface area (Å²) in [6, 6.07) is 5.55. The minimum Gasteiger partial charge on any atom is -0.497 e. The lowest BCUT2D eigenvalue weighted by molar-refractivity contribution is -0.181. The zero-order valence-corrected chi connectivity index (χ0v) is 17.3. The van der Waals surface area contributed by atoms with Crippen LogP contribution in [0, 0.1) is 0 Å². The molecule has 0 radical (unpaired) electrons. The first-order chi connectivity index (χ1) is 14.1. The van der Waals surface area contributed by atoms with Crippen LogP contribution in [0.3, 0.4) is 0 Å². The van der Waals surface area contributed by atoms with Crippen LogP contribution < -0.4 is 15.0 Å². The van der Waals surface area contributed by atoms with Gasteiger partial charge in [0.05, 0.1) is 20.3 Å². The highest BCUT2D eigenvalue weighted by Gasteiger charge is 2.69. The molecule has 0 unspecified atom stereocenters. The van der Waals surface area contributed by atoms with Crippen LogP contribution in [0.2, 0.25) is 0 Å². The van der Waals surface area contributed by atoms with Crippen molar-refractivity contribution in [3.8, 4) is 5.75 Å². The van der Waals surface area contributed by atoms with Gasteiger partial charge in [-0.1, -0.05) is 0 Å². The number of β-lactam (4-membered cyclic amide) rings is 1. The average Bonchev–Trinajstić information content (AvgIpc) is 3.08. The molecule has 2 fully saturated rings. The minimum atomic E-state index is -2.42. The van der Waals surface area contributed by atoms with Gasteiger partial charge in [0.1, 0.15) is 24.4 Å². The Kier molecular flexibility index (Phi) is 6.02. The van der Waals surface area contributed by atoms with Gasteiger partial charge in [-0.2, -0.15) is 0 Å². The van der Waals surface area contributed by atoms with Crippen molar-refractivity contribution in [2.45, 2.75) is 44.3 Å². The first-order valence-corrected chi connectivity index (χ1v) is 9.60. The van der Waals surface area contributed by atoms with E-state index in [0.29, 0.717) is 11.4 Å². The van der Waals surface area contributed by atoms with Crippen molar-refractivity contribution in [3.63, 3.8) is 0 Å². The van der Waals surface area contributed by atoms with Crippen LogP contribution in [-0.4, -0.2) is 73.3 Å². The van der Waals surface area contributed by atoms with Crippen molar-refractivity contribution in [1.29, 1.82) is 0 Å². The summed E-state index contributed by atoms with van der Waals surface area (Å²) in [6.07, 6.45) is -0.766. The predicted molar refractivity (Wildman–Crippen MR) is 104 cm³/mol. The molecule has 2 amide bonds. The highest BCUT2D eigenvalue weighted by atomic mass is 16.7. The summed E-state index contributed by atoms with van der Waals surface area (Å²) >= 11 is 0. The SMILES string of the molecule is CCOC(=O)CNC(=O)[C@]1(O)C(=O)N(c2ccc(OC)cc2)[C@H]1[C@H]1COC(C)(C)O1. The number of aliphatic hydroxyl groups is 1. The van der Waals surface area contributed by atoms with Crippen LogP contribution in [0.25, 0.3) is 0 Å². The number of ether oxygens (including phenoxy) is 4. The predicted octanol–water partition coefficient (Wildman–Crippen LogP) is -0.0277. The highest BCUT2D eigenvalue weighted by molar-refractivity contribution is 6.22. The second-order valence-electron chi connectivity index (χ2n) is 7.44. The first-order valence-electron chi connectivity index (χ1n) is 9.60. The topological polar surface area (TPSA) is 124 Å². The van der Waals surface area contributed by atoms with Crippen molar-refractivity contribution < 1.29 is 38.4 Å². The smallest absolute Gasteiger partial charge is 0.325 e. The lowest BCUT2D eigenvalue weighted by Crippen LogP contribution is -2.82. The average molecular weight is 422 g/mol. The van der Waals surface area contributed by atoms with E-state index in [1.165, 1.54) is 12.0 Å². The van der Waals surface area contributed by atoms with Gasteiger partial charge >= 0.3 is 5.97 Å². The third kappa shape index (κ3) is 3.85. The molecule has 2 saturated heterocycles. The zero-order chi connectivity index (χ0) is 22.1. The Morgan fingerprint density at radius 1 is 1.30 bits per heavy atom. The van der Waals surface area contributed by atoms with Gasteiger partial charge in [0, 0.05) is 5.69 Å². The standard InChI is InChI=1S/C20H26N2O8/c1-5-28-15(23)10-21-17(24)20(26)16(14-11-29-19(2,3)30-14)22(18(20)25)12-6-8-13(27-4)9-7-12/h6-9,14,16,26H,5,10-11H2,1-4H3,(H,21,24)/t14-,16+,20+/m1/s1. The number of benzene rings is 1. The molecular formula is C20H26N2O8. The molecule has 2 heterocycles. The summed E-state index contributed by atoms with van der Waals surface area (Å²) in [5, 5.41) is 13.4. The van der Waals surface area contributed by atoms with Crippen molar-refractivity contribution in [2.24, 2.45) is 0 Å². The number of esters is 1. The van der Waals surface area contributed by atoms with E-state index in [9.17, 15) is 19.5 Å². The number of carbonyl (C=O) groups excluding carboxylic acids is 3. The first kappa shape index (κ1) is 22.0. The van der Waals surface area contributed by atoms with Gasteiger partial charge in [-0.05, 0) is 45.0 Å². The summed E-state index contributed by atoms with van der Waals surface area (Å²) in [5.41, 5.74) is -1.96. The van der Waals surface area contributed by atoms with Gasteiger partial charge < -0.3 is 29.4 Å². The lowest BCUT2D eigenvalue weighted by atomic mass is 9.77. The largest absolute Gasteiger partial charge is 0.497 e. The normalized spacial score (nSPS) is 27.4. The molecule has 1 aromatic carbocycles. The lowest BCUT2D eigenvalue weighted by Gasteiger charge is -2.53. The molecule has 0 bridgehead atoms. The van der Waals surface area contributed by atoms with E-state index in [-0.39, 0.29) is 13.2 Å². The Labute approximate surface area is 174 Å². The quantitative estimate of drug-likeness (QED) is 0.357. The summed E-state index contributed by atoms with van der Waals surface area (Å²) < 4.78 is 21.3. The monoisotopic (exact) mass is 422 g/mol. The maximum atomic E-state index is 13.0. The number of carbonyl (C=O) groups is 3. The van der Waals surface area contributed by atoms with Gasteiger partial charge in [0.15, 0.2) is 5.79 Å². The van der Waals surface area contributed by atoms with E-state index >= 15 is 0 Å². The maximum absolute atomic E-state index is 13.0. The van der Waals surface area contributed by atoms with Crippen LogP contribution in [0.15, 0.2) is 24.3 Å². The van der Waals surface area contributed by atoms with Gasteiger partial charge in [0.2, 0.25) is 5.60 Å². The molecule has 0 spiro atoms. The Balaban J connectivity index is 1.86. The highest BCUT2D eigenvalue weighted by Crippen LogP contribution is 2.42. The van der Waals surface area contributed by atoms with Gasteiger partial charge in [0.25, 0.3) is 11.8 Å². The number of rotatable bonds is 7. The van der Waals surface area contributed by atoms with E-state index in [2.05, 4.69) is 5.32 Å². The van der Waals surface area contributed by atoms with Gasteiger partial charge in [-0.15, -0.1) is 0 Å². The van der Waals surface area contributed by atoms with Crippen molar-refractivity contribution in [1.82, 2.24) is 5.32 Å². The fourth-order valence-corrected chi connectivity index (χ4v) is 3.61. The summed E-state index contributed by atoms with van der Waals surface area (Å²) in [6.45, 7) is 4.78. The number of amides is 2. The van der Waals surface area contributed by atoms with E-state index in [1.807, 2.05) is 0 Å². The second kappa shape index (κ2) is 8.21. The fourth-order valence-electron chi connectivity index (χ4n) is 3.61. The Hall–Kier alpha value is -2.69. The number of nitrogens with one attached hydrogen (secondary N) is 1. The summed E-state index contributed by atoms with van der Waals surface area (Å²) in [4.78, 5) is 38.5. The molecular weight excluding hydrogens is 396 g/mol. The molecule has 3 rings (SSSR count). The minimum absolute atomic E-state index is 0.0745. The van der Waals surface area contributed by atoms with Crippen LogP contribution in [0.4, 0.5) is 5.69 Å². The zero-order valence-electron chi connectivity index (χ0n) is 17.3. The van der Waals surface area contributed by atoms with Crippen LogP contribution in [0.1, 0.15) is 20.8 Å². The summed E-state index contributed by atoms with van der Waals surface area (Å²) in [7, 11) is 1.52. The van der Waals surface area contributed by atoms with Crippen LogP contribution in [-0.2, 0) is 28.6 Å². The second-order valence-corrected chi connectivity index (χ2v) is 7.44. The molecule has 0 aliphatic carbocycles. The molecule has 3 atom stereocenters. The van der Waals surface area contributed by atoms with Crippen LogP contribution in [0.5, 0.6) is 5.75 Å². The molecule has 2 N–H and O–H groups in total. The van der Waals surface area contributed by atoms with E-state index in [1.54, 1.807) is 45.0 Å². The van der Waals surface area contributed by atoms with Crippen LogP contribution >= 0.6 is 0 Å². The molecule has 10 heteroatoms. The molecule has 10 nitrogen and oxygen atoms in total. The number of nitrogens with zero attached hydrogens (tertiary/aromatic N) is 1. The Bertz CT molecular complexity index is 825. The van der Waals surface area contributed by atoms with Crippen molar-refractivity contribution in [2.75, 3.05) is 31.8 Å². The Morgan fingerprint density at radius 3 is 2.50 bits per heavy atom. The number of methoxy groups -OCH3 is 1. The number of hydrogen-bond donors (Lipinski definition) is 2. The molecule has 0 saturated carbocycles. The molecule has 2 aliphatic heterocycles. The van der Waals surface area contributed by atoms with Gasteiger partial charge in [-0.3, -0.25) is 19.3 Å². The number of hydrogen-bond acceptors (Lipinski definition) is 8. The van der Waals surface area contributed by atoms with E-state index in [0.717, 1.165) is 0 Å². The maximum Gasteiger partial charge on any atom is 0.325 e. The molecule has 0 aromatic heterocycles. The van der Waals surface area contributed by atoms with Crippen molar-refractivity contribution in [3.05, 3.63) is 24.3 Å². The van der Waals surface area contributed by atoms with Gasteiger partial charge in [-0.25, -0.2) is 0 Å². The molecule has 164 valence electrons. The van der Waals surface area contributed by atoms with Crippen molar-refractivity contribution >= 4 is 23.5 Å². The Morgan fingerprint density at radius 2 is 1.97 bits per heavy atom. The fraction of sp³-hybridized carbons (Fsp3) is 0.550. The third-order valence-corrected chi connectivity index (χ3v) is 5.03. The molecule has 1 aromatic rings. The van der Waals surface area contributed by atoms with E-state index in [4.69, 9.17) is 18.9 Å². The van der Waals surface area contributed by atoms with E-state index < -0.39 is 47.9 Å². The molecule has 30 heavy (non-hydrogen) atoms. The molecule has 2 aliphatic rings. The number of anilines is 1. The third-order valence-electron chi connectivity index (χ3n) is 5.03.